The third-order valence-electron chi connectivity index (χ3n) is 1.70. The number of hydrogen-bond donors (Lipinski definition) is 3. The lowest BCUT2D eigenvalue weighted by Gasteiger charge is -2.17. The van der Waals surface area contributed by atoms with Crippen LogP contribution in [0, 0.1) is 0 Å². The van der Waals surface area contributed by atoms with Gasteiger partial charge in [-0.2, -0.15) is 11.8 Å². The van der Waals surface area contributed by atoms with E-state index in [0.29, 0.717) is 11.7 Å². The van der Waals surface area contributed by atoms with Gasteiger partial charge in [0.2, 0.25) is 0 Å². The molecule has 0 radical (unpaired) electrons. The molecule has 0 saturated heterocycles. The van der Waals surface area contributed by atoms with Crippen molar-refractivity contribution in [2.75, 3.05) is 6.61 Å². The van der Waals surface area contributed by atoms with Gasteiger partial charge in [0.05, 0.1) is 6.61 Å². The maximum Gasteiger partial charge on any atom is 0.140 e. The van der Waals surface area contributed by atoms with Crippen LogP contribution >= 0.6 is 11.8 Å². The lowest BCUT2D eigenvalue weighted by Crippen LogP contribution is -2.20. The van der Waals surface area contributed by atoms with Crippen LogP contribution in [-0.4, -0.2) is 33.3 Å². The Morgan fingerprint density at radius 1 is 1.62 bits per heavy atom. The molecular weight excluding hydrogens is 188 g/mol. The van der Waals surface area contributed by atoms with Crippen molar-refractivity contribution in [1.82, 2.24) is 0 Å². The second-order valence-corrected chi connectivity index (χ2v) is 4.70. The van der Waals surface area contributed by atoms with E-state index in [4.69, 9.17) is 16.0 Å². The standard InChI is InChI=1S/C8H18N2O2S/c1-3-7(4-8(9)10-12)13-6(2)5-11/h6-7,11-12H,3-5H2,1-2H3,(H2,9,10). The molecule has 2 unspecified atom stereocenters. The van der Waals surface area contributed by atoms with Crippen molar-refractivity contribution in [1.29, 1.82) is 0 Å². The smallest absolute Gasteiger partial charge is 0.140 e. The summed E-state index contributed by atoms with van der Waals surface area (Å²) in [6.45, 7) is 4.17. The maximum atomic E-state index is 8.84. The molecular formula is C8H18N2O2S. The van der Waals surface area contributed by atoms with E-state index in [0.717, 1.165) is 6.42 Å². The van der Waals surface area contributed by atoms with Gasteiger partial charge in [-0.05, 0) is 6.42 Å². The highest BCUT2D eigenvalue weighted by Crippen LogP contribution is 2.22. The fraction of sp³-hybridized carbons (Fsp3) is 0.875. The molecule has 0 heterocycles. The fourth-order valence-corrected chi connectivity index (χ4v) is 2.14. The van der Waals surface area contributed by atoms with Gasteiger partial charge < -0.3 is 16.0 Å². The number of thioether (sulfide) groups is 1. The van der Waals surface area contributed by atoms with E-state index in [9.17, 15) is 0 Å². The zero-order chi connectivity index (χ0) is 10.3. The summed E-state index contributed by atoms with van der Waals surface area (Å²) in [5, 5.41) is 20.7. The van der Waals surface area contributed by atoms with E-state index >= 15 is 0 Å². The first-order chi connectivity index (χ1) is 6.13. The van der Waals surface area contributed by atoms with Crippen LogP contribution in [0.2, 0.25) is 0 Å². The van der Waals surface area contributed by atoms with Crippen molar-refractivity contribution in [3.05, 3.63) is 0 Å². The minimum atomic E-state index is 0.164. The topological polar surface area (TPSA) is 78.8 Å². The van der Waals surface area contributed by atoms with E-state index in [1.165, 1.54) is 0 Å². The molecule has 0 amide bonds. The van der Waals surface area contributed by atoms with E-state index < -0.39 is 0 Å². The summed E-state index contributed by atoms with van der Waals surface area (Å²) in [6, 6.07) is 0. The Labute approximate surface area is 83.2 Å². The SMILES string of the molecule is CCC(CC(N)=NO)SC(C)CO. The zero-order valence-electron chi connectivity index (χ0n) is 8.10. The highest BCUT2D eigenvalue weighted by atomic mass is 32.2. The number of oxime groups is 1. The molecule has 0 rings (SSSR count). The number of aliphatic hydroxyl groups is 1. The van der Waals surface area contributed by atoms with Crippen molar-refractivity contribution in [2.24, 2.45) is 10.9 Å². The molecule has 0 saturated carbocycles. The van der Waals surface area contributed by atoms with Gasteiger partial charge >= 0.3 is 0 Å². The molecule has 0 bridgehead atoms. The first kappa shape index (κ1) is 12.6. The molecule has 0 aliphatic carbocycles. The van der Waals surface area contributed by atoms with Gasteiger partial charge in [0.25, 0.3) is 0 Å². The van der Waals surface area contributed by atoms with Crippen molar-refractivity contribution >= 4 is 17.6 Å². The number of aliphatic hydroxyl groups excluding tert-OH is 1. The van der Waals surface area contributed by atoms with E-state index in [1.807, 2.05) is 13.8 Å². The van der Waals surface area contributed by atoms with E-state index in [1.54, 1.807) is 11.8 Å². The van der Waals surface area contributed by atoms with Gasteiger partial charge in [-0.1, -0.05) is 19.0 Å². The Balaban J connectivity index is 3.89. The lowest BCUT2D eigenvalue weighted by atomic mass is 10.2. The maximum absolute atomic E-state index is 8.84. The third-order valence-corrected chi connectivity index (χ3v) is 3.20. The van der Waals surface area contributed by atoms with Crippen molar-refractivity contribution in [3.8, 4) is 0 Å². The first-order valence-corrected chi connectivity index (χ1v) is 5.31. The van der Waals surface area contributed by atoms with Crippen LogP contribution in [0.15, 0.2) is 5.16 Å². The molecule has 4 nitrogen and oxygen atoms in total. The fourth-order valence-electron chi connectivity index (χ4n) is 0.934. The molecule has 5 heteroatoms. The molecule has 0 aromatic heterocycles. The summed E-state index contributed by atoms with van der Waals surface area (Å²) in [6.07, 6.45) is 1.52. The molecule has 4 N–H and O–H groups in total. The van der Waals surface area contributed by atoms with Crippen molar-refractivity contribution in [3.63, 3.8) is 0 Å². The quantitative estimate of drug-likeness (QED) is 0.262. The lowest BCUT2D eigenvalue weighted by molar-refractivity contribution is 0.299. The van der Waals surface area contributed by atoms with Crippen LogP contribution in [0.5, 0.6) is 0 Å². The molecule has 13 heavy (non-hydrogen) atoms. The van der Waals surface area contributed by atoms with Gasteiger partial charge in [-0.3, -0.25) is 0 Å². The number of amidine groups is 1. The molecule has 2 atom stereocenters. The normalized spacial score (nSPS) is 17.0. The monoisotopic (exact) mass is 206 g/mol. The minimum Gasteiger partial charge on any atom is -0.409 e. The number of hydrogen-bond acceptors (Lipinski definition) is 4. The molecule has 0 aromatic carbocycles. The van der Waals surface area contributed by atoms with Gasteiger partial charge in [0, 0.05) is 16.9 Å². The number of nitrogens with zero attached hydrogens (tertiary/aromatic N) is 1. The minimum absolute atomic E-state index is 0.164. The average molecular weight is 206 g/mol. The number of nitrogens with two attached hydrogens (primary N) is 1. The Bertz CT molecular complexity index is 164. The predicted octanol–water partition coefficient (Wildman–Crippen LogP) is 1.02. The molecule has 0 aromatic rings. The van der Waals surface area contributed by atoms with Crippen LogP contribution in [0.1, 0.15) is 26.7 Å². The molecule has 0 aliphatic heterocycles. The van der Waals surface area contributed by atoms with Crippen molar-refractivity contribution in [2.45, 2.75) is 37.2 Å². The summed E-state index contributed by atoms with van der Waals surface area (Å²) in [5.41, 5.74) is 5.39. The van der Waals surface area contributed by atoms with Crippen molar-refractivity contribution < 1.29 is 10.3 Å². The van der Waals surface area contributed by atoms with Crippen LogP contribution in [0.4, 0.5) is 0 Å². The number of rotatable bonds is 6. The Morgan fingerprint density at radius 2 is 2.23 bits per heavy atom. The third kappa shape index (κ3) is 5.76. The second-order valence-electron chi connectivity index (χ2n) is 2.95. The zero-order valence-corrected chi connectivity index (χ0v) is 8.92. The molecule has 0 spiro atoms. The van der Waals surface area contributed by atoms with Crippen LogP contribution in [-0.2, 0) is 0 Å². The highest BCUT2D eigenvalue weighted by Gasteiger charge is 2.13. The molecule has 0 aliphatic rings. The van der Waals surface area contributed by atoms with E-state index in [-0.39, 0.29) is 17.7 Å². The van der Waals surface area contributed by atoms with E-state index in [2.05, 4.69) is 5.16 Å². The average Bonchev–Trinajstić information content (AvgIpc) is 2.16. The summed E-state index contributed by atoms with van der Waals surface area (Å²) in [5.74, 6) is 0.254. The Kier molecular flexibility index (Phi) is 6.80. The second kappa shape index (κ2) is 7.03. The molecule has 78 valence electrons. The Hall–Kier alpha value is -0.420. The summed E-state index contributed by atoms with van der Waals surface area (Å²) in [7, 11) is 0. The van der Waals surface area contributed by atoms with Crippen LogP contribution < -0.4 is 5.73 Å². The molecule has 0 fully saturated rings. The summed E-state index contributed by atoms with van der Waals surface area (Å²) in [4.78, 5) is 0. The van der Waals surface area contributed by atoms with Gasteiger partial charge in [-0.25, -0.2) is 0 Å². The van der Waals surface area contributed by atoms with Gasteiger partial charge in [0.1, 0.15) is 5.84 Å². The van der Waals surface area contributed by atoms with Gasteiger partial charge in [-0.15, -0.1) is 0 Å². The van der Waals surface area contributed by atoms with Crippen LogP contribution in [0.3, 0.4) is 0 Å². The first-order valence-electron chi connectivity index (χ1n) is 4.36. The largest absolute Gasteiger partial charge is 0.409 e. The Morgan fingerprint density at radius 3 is 2.62 bits per heavy atom. The van der Waals surface area contributed by atoms with Crippen LogP contribution in [0.25, 0.3) is 0 Å². The van der Waals surface area contributed by atoms with Gasteiger partial charge in [0.15, 0.2) is 0 Å². The summed E-state index contributed by atoms with van der Waals surface area (Å²) < 4.78 is 0. The highest BCUT2D eigenvalue weighted by molar-refractivity contribution is 8.00. The predicted molar refractivity (Wildman–Crippen MR) is 56.2 cm³/mol. The summed E-state index contributed by atoms with van der Waals surface area (Å²) >= 11 is 1.67.